The average molecular weight is 425 g/mol. The first-order valence-electron chi connectivity index (χ1n) is 9.15. The van der Waals surface area contributed by atoms with E-state index < -0.39 is 36.8 Å². The average Bonchev–Trinajstić information content (AvgIpc) is 2.69. The number of benzene rings is 2. The molecule has 7 nitrogen and oxygen atoms in total. The number of aryl methyl sites for hydroxylation is 1. The van der Waals surface area contributed by atoms with Crippen molar-refractivity contribution in [3.63, 3.8) is 0 Å². The standard InChI is InChI=1S/C21H25ClO7/c1-11-8-12(13-5-7-16(27-3)14(22)9-13)4-6-15(11)28-20-21(2,26)19(25)18(24)17(10-23)29-20/h4-9,17-20,23-26H,10H2,1-3H3/t17-,18-,19+,20+,21+/m1/s1. The summed E-state index contributed by atoms with van der Waals surface area (Å²) in [6, 6.07) is 10.9. The fraction of sp³-hybridized carbons (Fsp3) is 0.429. The maximum absolute atomic E-state index is 10.6. The van der Waals surface area contributed by atoms with Crippen molar-refractivity contribution in [3.05, 3.63) is 47.0 Å². The summed E-state index contributed by atoms with van der Waals surface area (Å²) < 4.78 is 16.5. The third-order valence-corrected chi connectivity index (χ3v) is 5.45. The van der Waals surface area contributed by atoms with E-state index in [0.29, 0.717) is 16.5 Å². The Morgan fingerprint density at radius 3 is 2.28 bits per heavy atom. The van der Waals surface area contributed by atoms with Crippen LogP contribution in [0.4, 0.5) is 0 Å². The number of hydrogen-bond donors (Lipinski definition) is 4. The molecule has 1 saturated heterocycles. The van der Waals surface area contributed by atoms with Gasteiger partial charge in [-0.05, 0) is 54.8 Å². The van der Waals surface area contributed by atoms with Crippen LogP contribution in [-0.4, -0.2) is 64.3 Å². The monoisotopic (exact) mass is 424 g/mol. The molecule has 0 bridgehead atoms. The summed E-state index contributed by atoms with van der Waals surface area (Å²) in [5.41, 5.74) is 0.680. The highest BCUT2D eigenvalue weighted by Gasteiger charge is 2.53. The lowest BCUT2D eigenvalue weighted by atomic mass is 9.88. The summed E-state index contributed by atoms with van der Waals surface area (Å²) in [6.45, 7) is 2.61. The van der Waals surface area contributed by atoms with Gasteiger partial charge in [-0.1, -0.05) is 23.7 Å². The summed E-state index contributed by atoms with van der Waals surface area (Å²) in [5, 5.41) is 40.6. The van der Waals surface area contributed by atoms with Crippen LogP contribution in [0.25, 0.3) is 11.1 Å². The van der Waals surface area contributed by atoms with Gasteiger partial charge in [-0.15, -0.1) is 0 Å². The number of halogens is 1. The topological polar surface area (TPSA) is 109 Å². The van der Waals surface area contributed by atoms with E-state index in [-0.39, 0.29) is 0 Å². The molecular weight excluding hydrogens is 400 g/mol. The van der Waals surface area contributed by atoms with E-state index in [1.54, 1.807) is 25.3 Å². The van der Waals surface area contributed by atoms with Crippen LogP contribution >= 0.6 is 11.6 Å². The molecule has 1 fully saturated rings. The zero-order chi connectivity index (χ0) is 21.3. The Kier molecular flexibility index (Phi) is 6.38. The minimum atomic E-state index is -1.88. The summed E-state index contributed by atoms with van der Waals surface area (Å²) in [4.78, 5) is 0. The molecule has 0 aromatic heterocycles. The largest absolute Gasteiger partial charge is 0.495 e. The van der Waals surface area contributed by atoms with E-state index >= 15 is 0 Å². The number of rotatable bonds is 5. The summed E-state index contributed by atoms with van der Waals surface area (Å²) in [7, 11) is 1.55. The zero-order valence-electron chi connectivity index (χ0n) is 16.4. The van der Waals surface area contributed by atoms with E-state index in [9.17, 15) is 20.4 Å². The Balaban J connectivity index is 1.84. The molecular formula is C21H25ClO7. The van der Waals surface area contributed by atoms with Gasteiger partial charge in [-0.2, -0.15) is 0 Å². The van der Waals surface area contributed by atoms with Crippen molar-refractivity contribution in [2.45, 2.75) is 44.1 Å². The van der Waals surface area contributed by atoms with Crippen LogP contribution in [0.5, 0.6) is 11.5 Å². The second-order valence-corrected chi connectivity index (χ2v) is 7.70. The first-order valence-corrected chi connectivity index (χ1v) is 9.53. The Labute approximate surface area is 174 Å². The zero-order valence-corrected chi connectivity index (χ0v) is 17.1. The molecule has 5 atom stereocenters. The second kappa shape index (κ2) is 8.47. The normalized spacial score (nSPS) is 29.5. The van der Waals surface area contributed by atoms with Crippen LogP contribution in [0.3, 0.4) is 0 Å². The molecule has 29 heavy (non-hydrogen) atoms. The Hall–Kier alpha value is -1.87. The van der Waals surface area contributed by atoms with Crippen molar-refractivity contribution >= 4 is 11.6 Å². The van der Waals surface area contributed by atoms with Crippen molar-refractivity contribution in [1.29, 1.82) is 0 Å². The molecule has 158 valence electrons. The molecule has 2 aromatic rings. The van der Waals surface area contributed by atoms with E-state index in [1.807, 2.05) is 25.1 Å². The van der Waals surface area contributed by atoms with Crippen molar-refractivity contribution in [1.82, 2.24) is 0 Å². The molecule has 0 radical (unpaired) electrons. The minimum absolute atomic E-state index is 0.430. The molecule has 1 heterocycles. The first-order chi connectivity index (χ1) is 13.7. The van der Waals surface area contributed by atoms with Gasteiger partial charge in [-0.3, -0.25) is 0 Å². The Morgan fingerprint density at radius 1 is 1.10 bits per heavy atom. The maximum atomic E-state index is 10.6. The molecule has 1 aliphatic rings. The van der Waals surface area contributed by atoms with E-state index in [0.717, 1.165) is 16.7 Å². The fourth-order valence-corrected chi connectivity index (χ4v) is 3.54. The van der Waals surface area contributed by atoms with Crippen LogP contribution in [-0.2, 0) is 4.74 Å². The molecule has 4 N–H and O–H groups in total. The smallest absolute Gasteiger partial charge is 0.231 e. The van der Waals surface area contributed by atoms with Gasteiger partial charge in [0.15, 0.2) is 5.60 Å². The third-order valence-electron chi connectivity index (χ3n) is 5.15. The van der Waals surface area contributed by atoms with Gasteiger partial charge in [0.1, 0.15) is 29.8 Å². The van der Waals surface area contributed by atoms with Crippen molar-refractivity contribution in [2.24, 2.45) is 0 Å². The molecule has 3 rings (SSSR count). The fourth-order valence-electron chi connectivity index (χ4n) is 3.29. The van der Waals surface area contributed by atoms with Gasteiger partial charge in [-0.25, -0.2) is 0 Å². The lowest BCUT2D eigenvalue weighted by molar-refractivity contribution is -0.314. The van der Waals surface area contributed by atoms with Gasteiger partial charge in [0.25, 0.3) is 0 Å². The Bertz CT molecular complexity index is 870. The SMILES string of the molecule is COc1ccc(-c2ccc(O[C@H]3O[C@H](CO)[C@@H](O)[C@H](O)[C@]3(C)O)c(C)c2)cc1Cl. The molecule has 8 heteroatoms. The minimum Gasteiger partial charge on any atom is -0.495 e. The number of hydrogen-bond acceptors (Lipinski definition) is 7. The van der Waals surface area contributed by atoms with Gasteiger partial charge in [0, 0.05) is 0 Å². The van der Waals surface area contributed by atoms with Crippen LogP contribution < -0.4 is 9.47 Å². The highest BCUT2D eigenvalue weighted by molar-refractivity contribution is 6.32. The van der Waals surface area contributed by atoms with Gasteiger partial charge >= 0.3 is 0 Å². The van der Waals surface area contributed by atoms with Crippen LogP contribution in [0, 0.1) is 6.92 Å². The Morgan fingerprint density at radius 2 is 1.72 bits per heavy atom. The highest BCUT2D eigenvalue weighted by atomic mass is 35.5. The lowest BCUT2D eigenvalue weighted by Crippen LogP contribution is -2.66. The second-order valence-electron chi connectivity index (χ2n) is 7.30. The molecule has 2 aromatic carbocycles. The van der Waals surface area contributed by atoms with Crippen molar-refractivity contribution < 1.29 is 34.6 Å². The quantitative estimate of drug-likeness (QED) is 0.580. The van der Waals surface area contributed by atoms with Gasteiger partial charge < -0.3 is 34.6 Å². The predicted octanol–water partition coefficient (Wildman–Crippen LogP) is 1.89. The summed E-state index contributed by atoms with van der Waals surface area (Å²) in [5.74, 6) is 1.02. The molecule has 0 aliphatic carbocycles. The number of ether oxygens (including phenoxy) is 3. The highest BCUT2D eigenvalue weighted by Crippen LogP contribution is 2.35. The lowest BCUT2D eigenvalue weighted by Gasteiger charge is -2.45. The van der Waals surface area contributed by atoms with Crippen molar-refractivity contribution in [3.8, 4) is 22.6 Å². The third kappa shape index (κ3) is 4.21. The molecule has 0 unspecified atom stereocenters. The van der Waals surface area contributed by atoms with E-state index in [2.05, 4.69) is 0 Å². The number of aliphatic hydroxyl groups is 4. The van der Waals surface area contributed by atoms with Crippen LogP contribution in [0.2, 0.25) is 5.02 Å². The number of aliphatic hydroxyl groups excluding tert-OH is 3. The van der Waals surface area contributed by atoms with Crippen LogP contribution in [0.15, 0.2) is 36.4 Å². The predicted molar refractivity (Wildman–Crippen MR) is 107 cm³/mol. The van der Waals surface area contributed by atoms with E-state index in [1.165, 1.54) is 6.92 Å². The first kappa shape index (κ1) is 21.8. The van der Waals surface area contributed by atoms with Crippen LogP contribution in [0.1, 0.15) is 12.5 Å². The molecule has 0 saturated carbocycles. The maximum Gasteiger partial charge on any atom is 0.231 e. The molecule has 0 spiro atoms. The summed E-state index contributed by atoms with van der Waals surface area (Å²) in [6.07, 6.45) is -5.33. The molecule has 1 aliphatic heterocycles. The number of methoxy groups -OCH3 is 1. The molecule has 0 amide bonds. The van der Waals surface area contributed by atoms with Gasteiger partial charge in [0.2, 0.25) is 6.29 Å². The van der Waals surface area contributed by atoms with Gasteiger partial charge in [0.05, 0.1) is 18.7 Å². The summed E-state index contributed by atoms with van der Waals surface area (Å²) >= 11 is 6.20. The van der Waals surface area contributed by atoms with Crippen molar-refractivity contribution in [2.75, 3.05) is 13.7 Å². The van der Waals surface area contributed by atoms with E-state index in [4.69, 9.17) is 25.8 Å².